The first-order chi connectivity index (χ1) is 15.2. The second-order valence-electron chi connectivity index (χ2n) is 8.40. The molecular weight excluding hydrogens is 521 g/mol. The Morgan fingerprint density at radius 1 is 1.19 bits per heavy atom. The summed E-state index contributed by atoms with van der Waals surface area (Å²) in [5, 5.41) is 6.43. The molecule has 0 bridgehead atoms. The molecule has 0 aromatic heterocycles. The number of nitrogens with one attached hydrogen (secondary N) is 2. The van der Waals surface area contributed by atoms with E-state index in [-0.39, 0.29) is 36.0 Å². The number of hydrogen-bond donors (Lipinski definition) is 2. The van der Waals surface area contributed by atoms with E-state index in [0.29, 0.717) is 19.2 Å². The lowest BCUT2D eigenvalue weighted by atomic mass is 10.2. The molecule has 0 spiro atoms. The van der Waals surface area contributed by atoms with Crippen LogP contribution in [0, 0.1) is 0 Å². The second-order valence-corrected chi connectivity index (χ2v) is 8.40. The SMILES string of the molecule is CCNC(=NCc1cccc(NC(=O)C2CCCO2)c1)N1CCC(N2CCOCC2)C1.I. The van der Waals surface area contributed by atoms with Crippen molar-refractivity contribution < 1.29 is 14.3 Å². The summed E-state index contributed by atoms with van der Waals surface area (Å²) in [4.78, 5) is 22.1. The van der Waals surface area contributed by atoms with Crippen LogP contribution in [0.4, 0.5) is 5.69 Å². The second kappa shape index (κ2) is 12.7. The molecule has 0 radical (unpaired) electrons. The smallest absolute Gasteiger partial charge is 0.253 e. The number of guanidine groups is 1. The Hall–Kier alpha value is -1.43. The molecule has 3 saturated heterocycles. The summed E-state index contributed by atoms with van der Waals surface area (Å²) in [5.74, 6) is 0.907. The number of benzene rings is 1. The predicted molar refractivity (Wildman–Crippen MR) is 137 cm³/mol. The molecule has 3 fully saturated rings. The first kappa shape index (κ1) is 25.2. The number of morpholine rings is 1. The molecule has 2 unspecified atom stereocenters. The molecule has 3 heterocycles. The third-order valence-corrected chi connectivity index (χ3v) is 6.19. The minimum absolute atomic E-state index is 0. The quantitative estimate of drug-likeness (QED) is 0.318. The number of carbonyl (C=O) groups excluding carboxylic acids is 1. The predicted octanol–water partition coefficient (Wildman–Crippen LogP) is 2.29. The summed E-state index contributed by atoms with van der Waals surface area (Å²) >= 11 is 0. The van der Waals surface area contributed by atoms with Gasteiger partial charge < -0.3 is 25.0 Å². The van der Waals surface area contributed by atoms with E-state index in [2.05, 4.69) is 33.4 Å². The molecule has 3 aliphatic heterocycles. The van der Waals surface area contributed by atoms with E-state index < -0.39 is 0 Å². The van der Waals surface area contributed by atoms with Crippen molar-refractivity contribution in [3.05, 3.63) is 29.8 Å². The number of aliphatic imine (C=N–C) groups is 1. The summed E-state index contributed by atoms with van der Waals surface area (Å²) < 4.78 is 11.0. The third kappa shape index (κ3) is 6.79. The molecule has 4 rings (SSSR count). The van der Waals surface area contributed by atoms with Crippen LogP contribution >= 0.6 is 24.0 Å². The van der Waals surface area contributed by atoms with Gasteiger partial charge in [0.2, 0.25) is 0 Å². The Balaban J connectivity index is 0.00000289. The number of nitrogens with zero attached hydrogens (tertiary/aromatic N) is 3. The lowest BCUT2D eigenvalue weighted by Crippen LogP contribution is -2.46. The maximum absolute atomic E-state index is 12.3. The number of hydrogen-bond acceptors (Lipinski definition) is 5. The van der Waals surface area contributed by atoms with Crippen molar-refractivity contribution in [3.8, 4) is 0 Å². The fraction of sp³-hybridized carbons (Fsp3) is 0.652. The average Bonchev–Trinajstić information content (AvgIpc) is 3.50. The average molecular weight is 557 g/mol. The van der Waals surface area contributed by atoms with Gasteiger partial charge in [0, 0.05) is 51.1 Å². The molecule has 32 heavy (non-hydrogen) atoms. The first-order valence-electron chi connectivity index (χ1n) is 11.6. The van der Waals surface area contributed by atoms with Crippen molar-refractivity contribution in [3.63, 3.8) is 0 Å². The maximum Gasteiger partial charge on any atom is 0.253 e. The zero-order chi connectivity index (χ0) is 21.5. The van der Waals surface area contributed by atoms with Crippen LogP contribution in [0.25, 0.3) is 0 Å². The van der Waals surface area contributed by atoms with Gasteiger partial charge in [0.15, 0.2) is 5.96 Å². The van der Waals surface area contributed by atoms with Gasteiger partial charge in [0.05, 0.1) is 19.8 Å². The summed E-state index contributed by atoms with van der Waals surface area (Å²) in [6.07, 6.45) is 2.58. The molecule has 0 saturated carbocycles. The van der Waals surface area contributed by atoms with Crippen molar-refractivity contribution >= 4 is 41.5 Å². The van der Waals surface area contributed by atoms with Gasteiger partial charge in [-0.2, -0.15) is 0 Å². The summed E-state index contributed by atoms with van der Waals surface area (Å²) in [6.45, 7) is 9.94. The van der Waals surface area contributed by atoms with Gasteiger partial charge in [-0.05, 0) is 43.9 Å². The van der Waals surface area contributed by atoms with Crippen LogP contribution in [-0.4, -0.2) is 86.4 Å². The van der Waals surface area contributed by atoms with Gasteiger partial charge in [-0.3, -0.25) is 9.69 Å². The van der Waals surface area contributed by atoms with Crippen LogP contribution in [0.2, 0.25) is 0 Å². The standard InChI is InChI=1S/C23H35N5O3.HI/c1-2-24-23(28-9-8-20(17-28)27-10-13-30-14-11-27)25-16-18-5-3-6-19(15-18)26-22(29)21-7-4-12-31-21;/h3,5-6,15,20-21H,2,4,7-14,16-17H2,1H3,(H,24,25)(H,26,29);1H. The normalized spacial score (nSPS) is 24.3. The van der Waals surface area contributed by atoms with E-state index >= 15 is 0 Å². The van der Waals surface area contributed by atoms with Gasteiger partial charge in [-0.1, -0.05) is 12.1 Å². The molecule has 8 nitrogen and oxygen atoms in total. The summed E-state index contributed by atoms with van der Waals surface area (Å²) in [7, 11) is 0. The number of rotatable bonds is 6. The fourth-order valence-corrected chi connectivity index (χ4v) is 4.52. The highest BCUT2D eigenvalue weighted by Gasteiger charge is 2.30. The van der Waals surface area contributed by atoms with Crippen LogP contribution in [0.15, 0.2) is 29.3 Å². The van der Waals surface area contributed by atoms with Gasteiger partial charge in [0.25, 0.3) is 5.91 Å². The Kier molecular flexibility index (Phi) is 10.0. The van der Waals surface area contributed by atoms with Gasteiger partial charge in [0.1, 0.15) is 6.10 Å². The molecule has 1 aromatic carbocycles. The molecule has 2 N–H and O–H groups in total. The van der Waals surface area contributed by atoms with E-state index in [9.17, 15) is 4.79 Å². The molecule has 3 aliphatic rings. The van der Waals surface area contributed by atoms with Crippen molar-refractivity contribution in [1.82, 2.24) is 15.1 Å². The van der Waals surface area contributed by atoms with Gasteiger partial charge >= 0.3 is 0 Å². The lowest BCUT2D eigenvalue weighted by molar-refractivity contribution is -0.124. The van der Waals surface area contributed by atoms with Gasteiger partial charge in [-0.15, -0.1) is 24.0 Å². The molecule has 9 heteroatoms. The number of anilines is 1. The van der Waals surface area contributed by atoms with Crippen molar-refractivity contribution in [2.24, 2.45) is 4.99 Å². The summed E-state index contributed by atoms with van der Waals surface area (Å²) in [6, 6.07) is 8.51. The zero-order valence-corrected chi connectivity index (χ0v) is 21.3. The van der Waals surface area contributed by atoms with Crippen LogP contribution in [0.5, 0.6) is 0 Å². The summed E-state index contributed by atoms with van der Waals surface area (Å²) in [5.41, 5.74) is 1.87. The van der Waals surface area contributed by atoms with Crippen LogP contribution in [-0.2, 0) is 20.8 Å². The highest BCUT2D eigenvalue weighted by Crippen LogP contribution is 2.19. The monoisotopic (exact) mass is 557 g/mol. The topological polar surface area (TPSA) is 78.4 Å². The molecule has 178 valence electrons. The van der Waals surface area contributed by atoms with Crippen LogP contribution in [0.3, 0.4) is 0 Å². The number of halogens is 1. The van der Waals surface area contributed by atoms with Gasteiger partial charge in [-0.25, -0.2) is 4.99 Å². The number of likely N-dealkylation sites (tertiary alicyclic amines) is 1. The number of ether oxygens (including phenoxy) is 2. The highest BCUT2D eigenvalue weighted by atomic mass is 127. The Labute approximate surface area is 208 Å². The van der Waals surface area contributed by atoms with E-state index in [1.54, 1.807) is 0 Å². The Morgan fingerprint density at radius 3 is 2.78 bits per heavy atom. The van der Waals surface area contributed by atoms with Crippen molar-refractivity contribution in [2.45, 2.75) is 44.9 Å². The highest BCUT2D eigenvalue weighted by molar-refractivity contribution is 14.0. The van der Waals surface area contributed by atoms with Crippen molar-refractivity contribution in [2.75, 3.05) is 57.9 Å². The molecule has 1 amide bonds. The lowest BCUT2D eigenvalue weighted by Gasteiger charge is -2.32. The molecule has 1 aromatic rings. The third-order valence-electron chi connectivity index (χ3n) is 6.19. The first-order valence-corrected chi connectivity index (χ1v) is 11.6. The largest absolute Gasteiger partial charge is 0.379 e. The Morgan fingerprint density at radius 2 is 2.03 bits per heavy atom. The van der Waals surface area contributed by atoms with E-state index in [4.69, 9.17) is 14.5 Å². The van der Waals surface area contributed by atoms with Crippen molar-refractivity contribution in [1.29, 1.82) is 0 Å². The zero-order valence-electron chi connectivity index (χ0n) is 18.9. The van der Waals surface area contributed by atoms with Crippen LogP contribution < -0.4 is 10.6 Å². The Bertz CT molecular complexity index is 766. The fourth-order valence-electron chi connectivity index (χ4n) is 4.52. The van der Waals surface area contributed by atoms with E-state index in [1.165, 1.54) is 0 Å². The molecular formula is C23H36IN5O3. The van der Waals surface area contributed by atoms with E-state index in [1.807, 2.05) is 18.2 Å². The molecule has 2 atom stereocenters. The van der Waals surface area contributed by atoms with E-state index in [0.717, 1.165) is 82.4 Å². The minimum atomic E-state index is -0.323. The maximum atomic E-state index is 12.3. The minimum Gasteiger partial charge on any atom is -0.379 e. The number of carbonyl (C=O) groups is 1. The number of amides is 1. The molecule has 0 aliphatic carbocycles. The van der Waals surface area contributed by atoms with Crippen LogP contribution in [0.1, 0.15) is 31.7 Å².